The van der Waals surface area contributed by atoms with Gasteiger partial charge in [-0.1, -0.05) is 0 Å². The van der Waals surface area contributed by atoms with E-state index in [9.17, 15) is 27.2 Å². The lowest BCUT2D eigenvalue weighted by Gasteiger charge is -2.27. The molecule has 0 aliphatic heterocycles. The maximum absolute atomic E-state index is 13.4. The third-order valence-electron chi connectivity index (χ3n) is 2.85. The minimum Gasteiger partial charge on any atom is -0.479 e. The summed E-state index contributed by atoms with van der Waals surface area (Å²) >= 11 is 0. The van der Waals surface area contributed by atoms with Crippen LogP contribution in [0.3, 0.4) is 0 Å². The number of halogens is 4. The maximum atomic E-state index is 13.4. The highest BCUT2D eigenvalue weighted by atomic mass is 19.4. The Morgan fingerprint density at radius 3 is 2.24 bits per heavy atom. The van der Waals surface area contributed by atoms with Crippen molar-refractivity contribution in [3.63, 3.8) is 0 Å². The monoisotopic (exact) mass is 307 g/mol. The second-order valence-corrected chi connectivity index (χ2v) is 4.32. The minimum absolute atomic E-state index is 0.0375. The number of amides is 1. The molecule has 0 saturated carbocycles. The number of alkyl halides is 3. The summed E-state index contributed by atoms with van der Waals surface area (Å²) in [6.45, 7) is 2.52. The molecule has 0 aromatic heterocycles. The SMILES string of the molecule is CCN(C(C)=O)C(C(=O)O)c1cc(F)cc(C(F)(F)F)c1. The zero-order valence-corrected chi connectivity index (χ0v) is 11.2. The normalized spacial score (nSPS) is 12.9. The predicted octanol–water partition coefficient (Wildman–Crippen LogP) is 2.84. The molecule has 1 aromatic carbocycles. The van der Waals surface area contributed by atoms with Crippen molar-refractivity contribution in [1.82, 2.24) is 4.90 Å². The van der Waals surface area contributed by atoms with Gasteiger partial charge >= 0.3 is 12.1 Å². The van der Waals surface area contributed by atoms with Crippen LogP contribution in [0.15, 0.2) is 18.2 Å². The molecule has 0 fully saturated rings. The summed E-state index contributed by atoms with van der Waals surface area (Å²) in [5.74, 6) is -3.39. The van der Waals surface area contributed by atoms with Crippen LogP contribution in [-0.2, 0) is 15.8 Å². The van der Waals surface area contributed by atoms with E-state index in [0.717, 1.165) is 11.8 Å². The molecule has 1 amide bonds. The van der Waals surface area contributed by atoms with Crippen molar-refractivity contribution in [2.24, 2.45) is 0 Å². The van der Waals surface area contributed by atoms with Gasteiger partial charge in [-0.25, -0.2) is 9.18 Å². The number of benzene rings is 1. The van der Waals surface area contributed by atoms with E-state index in [1.54, 1.807) is 0 Å². The fourth-order valence-electron chi connectivity index (χ4n) is 1.98. The number of carbonyl (C=O) groups excluding carboxylic acids is 1. The Kier molecular flexibility index (Phi) is 4.93. The van der Waals surface area contributed by atoms with E-state index < -0.39 is 41.0 Å². The third-order valence-corrected chi connectivity index (χ3v) is 2.85. The molecule has 1 atom stereocenters. The van der Waals surface area contributed by atoms with E-state index in [-0.39, 0.29) is 12.6 Å². The highest BCUT2D eigenvalue weighted by Crippen LogP contribution is 2.33. The van der Waals surface area contributed by atoms with Crippen molar-refractivity contribution in [1.29, 1.82) is 0 Å². The first kappa shape index (κ1) is 16.9. The van der Waals surface area contributed by atoms with Gasteiger partial charge in [-0.15, -0.1) is 0 Å². The Balaban J connectivity index is 3.42. The molecular formula is C13H13F4NO3. The molecule has 0 bridgehead atoms. The summed E-state index contributed by atoms with van der Waals surface area (Å²) in [7, 11) is 0. The van der Waals surface area contributed by atoms with Crippen molar-refractivity contribution in [2.45, 2.75) is 26.1 Å². The zero-order chi connectivity index (χ0) is 16.4. The second kappa shape index (κ2) is 6.11. The molecule has 0 spiro atoms. The van der Waals surface area contributed by atoms with E-state index in [1.807, 2.05) is 0 Å². The molecule has 0 radical (unpaired) electrons. The Labute approximate surface area is 118 Å². The quantitative estimate of drug-likeness (QED) is 0.870. The number of carboxylic acid groups (broad SMARTS) is 1. The number of carboxylic acids is 1. The van der Waals surface area contributed by atoms with Crippen LogP contribution < -0.4 is 0 Å². The maximum Gasteiger partial charge on any atom is 0.416 e. The van der Waals surface area contributed by atoms with Crippen LogP contribution in [0.2, 0.25) is 0 Å². The van der Waals surface area contributed by atoms with Gasteiger partial charge in [-0.05, 0) is 30.7 Å². The number of aliphatic carboxylic acids is 1. The van der Waals surface area contributed by atoms with E-state index in [0.29, 0.717) is 12.1 Å². The number of hydrogen-bond donors (Lipinski definition) is 1. The fourth-order valence-corrected chi connectivity index (χ4v) is 1.98. The van der Waals surface area contributed by atoms with Crippen LogP contribution in [0.4, 0.5) is 17.6 Å². The molecule has 21 heavy (non-hydrogen) atoms. The summed E-state index contributed by atoms with van der Waals surface area (Å²) in [5, 5.41) is 9.16. The minimum atomic E-state index is -4.81. The lowest BCUT2D eigenvalue weighted by Crippen LogP contribution is -2.37. The number of hydrogen-bond acceptors (Lipinski definition) is 2. The molecule has 0 saturated heterocycles. The van der Waals surface area contributed by atoms with Gasteiger partial charge in [-0.2, -0.15) is 13.2 Å². The van der Waals surface area contributed by atoms with Gasteiger partial charge in [0.25, 0.3) is 0 Å². The third kappa shape index (κ3) is 3.93. The molecule has 0 aliphatic rings. The molecular weight excluding hydrogens is 294 g/mol. The van der Waals surface area contributed by atoms with Crippen molar-refractivity contribution in [2.75, 3.05) is 6.54 Å². The summed E-state index contributed by atoms with van der Waals surface area (Å²) < 4.78 is 51.3. The standard InChI is InChI=1S/C13H13F4NO3/c1-3-18(7(2)19)11(12(20)21)8-4-9(13(15,16)17)6-10(14)5-8/h4-6,11H,3H2,1-2H3,(H,20,21). The first-order valence-electron chi connectivity index (χ1n) is 5.95. The lowest BCUT2D eigenvalue weighted by atomic mass is 10.0. The molecule has 1 aromatic rings. The van der Waals surface area contributed by atoms with E-state index in [1.165, 1.54) is 6.92 Å². The highest BCUT2D eigenvalue weighted by Gasteiger charge is 2.35. The Morgan fingerprint density at radius 1 is 1.29 bits per heavy atom. The van der Waals surface area contributed by atoms with Gasteiger partial charge in [0.15, 0.2) is 6.04 Å². The van der Waals surface area contributed by atoms with Gasteiger partial charge < -0.3 is 10.0 Å². The molecule has 8 heteroatoms. The lowest BCUT2D eigenvalue weighted by molar-refractivity contribution is -0.149. The molecule has 1 rings (SSSR count). The molecule has 4 nitrogen and oxygen atoms in total. The first-order valence-corrected chi connectivity index (χ1v) is 5.95. The van der Waals surface area contributed by atoms with Crippen LogP contribution in [0.5, 0.6) is 0 Å². The largest absolute Gasteiger partial charge is 0.479 e. The smallest absolute Gasteiger partial charge is 0.416 e. The van der Waals surface area contributed by atoms with Crippen LogP contribution in [0, 0.1) is 5.82 Å². The number of carbonyl (C=O) groups is 2. The van der Waals surface area contributed by atoms with Gasteiger partial charge in [0.2, 0.25) is 5.91 Å². The van der Waals surface area contributed by atoms with E-state index in [2.05, 4.69) is 0 Å². The molecule has 1 N–H and O–H groups in total. The molecule has 1 unspecified atom stereocenters. The molecule has 116 valence electrons. The highest BCUT2D eigenvalue weighted by molar-refractivity contribution is 5.83. The fraction of sp³-hybridized carbons (Fsp3) is 0.385. The summed E-state index contributed by atoms with van der Waals surface area (Å²) in [6, 6.07) is -0.191. The number of rotatable bonds is 4. The average molecular weight is 307 g/mol. The van der Waals surface area contributed by atoms with Crippen LogP contribution in [-0.4, -0.2) is 28.4 Å². The summed E-state index contributed by atoms with van der Waals surface area (Å²) in [4.78, 5) is 23.5. The van der Waals surface area contributed by atoms with Gasteiger partial charge in [-0.3, -0.25) is 4.79 Å². The van der Waals surface area contributed by atoms with Crippen LogP contribution >= 0.6 is 0 Å². The number of likely N-dealkylation sites (N-methyl/N-ethyl adjacent to an activating group) is 1. The predicted molar refractivity (Wildman–Crippen MR) is 64.8 cm³/mol. The van der Waals surface area contributed by atoms with Crippen molar-refractivity contribution < 1.29 is 32.3 Å². The van der Waals surface area contributed by atoms with Gasteiger partial charge in [0.05, 0.1) is 5.56 Å². The molecule has 0 heterocycles. The Bertz CT molecular complexity index is 557. The van der Waals surface area contributed by atoms with E-state index >= 15 is 0 Å². The summed E-state index contributed by atoms with van der Waals surface area (Å²) in [6.07, 6.45) is -4.81. The summed E-state index contributed by atoms with van der Waals surface area (Å²) in [5.41, 5.74) is -1.74. The van der Waals surface area contributed by atoms with E-state index in [4.69, 9.17) is 5.11 Å². The van der Waals surface area contributed by atoms with Crippen molar-refractivity contribution >= 4 is 11.9 Å². The van der Waals surface area contributed by atoms with Gasteiger partial charge in [0.1, 0.15) is 5.82 Å². The average Bonchev–Trinajstić information content (AvgIpc) is 2.32. The number of nitrogens with zero attached hydrogens (tertiary/aromatic N) is 1. The van der Waals surface area contributed by atoms with Crippen LogP contribution in [0.25, 0.3) is 0 Å². The van der Waals surface area contributed by atoms with Crippen LogP contribution in [0.1, 0.15) is 31.0 Å². The Morgan fingerprint density at radius 2 is 1.86 bits per heavy atom. The topological polar surface area (TPSA) is 57.6 Å². The van der Waals surface area contributed by atoms with Crippen molar-refractivity contribution in [3.8, 4) is 0 Å². The Hall–Kier alpha value is -2.12. The van der Waals surface area contributed by atoms with Crippen molar-refractivity contribution in [3.05, 3.63) is 35.1 Å². The second-order valence-electron chi connectivity index (χ2n) is 4.32. The zero-order valence-electron chi connectivity index (χ0n) is 11.2. The first-order chi connectivity index (χ1) is 9.57. The molecule has 0 aliphatic carbocycles. The van der Waals surface area contributed by atoms with Gasteiger partial charge in [0, 0.05) is 13.5 Å².